The number of rotatable bonds is 3. The van der Waals surface area contributed by atoms with E-state index in [2.05, 4.69) is 4.98 Å². The summed E-state index contributed by atoms with van der Waals surface area (Å²) in [6, 6.07) is 18.1. The van der Waals surface area contributed by atoms with Crippen LogP contribution in [0.15, 0.2) is 60.7 Å². The number of hydrogen-bond acceptors (Lipinski definition) is 2. The molecular formula is C17H15FN2. The molecule has 3 rings (SSSR count). The molecule has 1 atom stereocenters. The minimum atomic E-state index is -0.384. The molecule has 1 heterocycles. The first-order valence-electron chi connectivity index (χ1n) is 6.59. The SMILES string of the molecule is NC(Cc1ccc2ccccc2n1)c1ccccc1F. The van der Waals surface area contributed by atoms with Crippen LogP contribution in [0.4, 0.5) is 4.39 Å². The van der Waals surface area contributed by atoms with Gasteiger partial charge in [0.15, 0.2) is 0 Å². The molecule has 1 unspecified atom stereocenters. The molecule has 0 aliphatic rings. The number of halogens is 1. The Morgan fingerprint density at radius 1 is 0.950 bits per heavy atom. The van der Waals surface area contributed by atoms with E-state index in [-0.39, 0.29) is 11.9 Å². The smallest absolute Gasteiger partial charge is 0.127 e. The predicted molar refractivity (Wildman–Crippen MR) is 78.8 cm³/mol. The molecule has 0 radical (unpaired) electrons. The van der Waals surface area contributed by atoms with Gasteiger partial charge in [-0.05, 0) is 18.2 Å². The molecule has 2 nitrogen and oxygen atoms in total. The molecule has 0 amide bonds. The van der Waals surface area contributed by atoms with E-state index in [9.17, 15) is 4.39 Å². The van der Waals surface area contributed by atoms with E-state index in [1.165, 1.54) is 6.07 Å². The predicted octanol–water partition coefficient (Wildman–Crippen LogP) is 3.62. The molecule has 0 spiro atoms. The van der Waals surface area contributed by atoms with Crippen LogP contribution < -0.4 is 5.73 Å². The van der Waals surface area contributed by atoms with Crippen LogP contribution in [0.1, 0.15) is 17.3 Å². The molecule has 100 valence electrons. The third-order valence-corrected chi connectivity index (χ3v) is 3.39. The first kappa shape index (κ1) is 12.8. The molecule has 2 N–H and O–H groups in total. The van der Waals surface area contributed by atoms with E-state index in [1.807, 2.05) is 36.4 Å². The van der Waals surface area contributed by atoms with Crippen LogP contribution in [-0.2, 0) is 6.42 Å². The molecule has 0 aliphatic carbocycles. The molecule has 3 aromatic rings. The minimum absolute atomic E-state index is 0.263. The highest BCUT2D eigenvalue weighted by Gasteiger charge is 2.12. The molecule has 0 fully saturated rings. The first-order chi connectivity index (χ1) is 9.74. The highest BCUT2D eigenvalue weighted by molar-refractivity contribution is 5.78. The summed E-state index contributed by atoms with van der Waals surface area (Å²) in [6.45, 7) is 0. The normalized spacial score (nSPS) is 12.5. The zero-order valence-corrected chi connectivity index (χ0v) is 11.0. The van der Waals surface area contributed by atoms with E-state index in [0.29, 0.717) is 12.0 Å². The summed E-state index contributed by atoms with van der Waals surface area (Å²) in [6.07, 6.45) is 0.520. The molecule has 20 heavy (non-hydrogen) atoms. The van der Waals surface area contributed by atoms with Gasteiger partial charge in [0.1, 0.15) is 5.82 Å². The van der Waals surface area contributed by atoms with E-state index >= 15 is 0 Å². The van der Waals surface area contributed by atoms with Crippen LogP contribution >= 0.6 is 0 Å². The highest BCUT2D eigenvalue weighted by Crippen LogP contribution is 2.19. The topological polar surface area (TPSA) is 38.9 Å². The summed E-state index contributed by atoms with van der Waals surface area (Å²) in [5.74, 6) is -0.263. The van der Waals surface area contributed by atoms with Gasteiger partial charge in [-0.3, -0.25) is 4.98 Å². The van der Waals surface area contributed by atoms with Crippen molar-refractivity contribution in [3.8, 4) is 0 Å². The van der Waals surface area contributed by atoms with Gasteiger partial charge in [-0.25, -0.2) is 4.39 Å². The van der Waals surface area contributed by atoms with Crippen LogP contribution in [-0.4, -0.2) is 4.98 Å². The number of hydrogen-bond donors (Lipinski definition) is 1. The lowest BCUT2D eigenvalue weighted by Gasteiger charge is -2.12. The van der Waals surface area contributed by atoms with Gasteiger partial charge in [0, 0.05) is 29.1 Å². The maximum atomic E-state index is 13.7. The number of nitrogens with two attached hydrogens (primary N) is 1. The number of nitrogens with zero attached hydrogens (tertiary/aromatic N) is 1. The Balaban J connectivity index is 1.87. The van der Waals surface area contributed by atoms with Gasteiger partial charge >= 0.3 is 0 Å². The Morgan fingerprint density at radius 2 is 1.70 bits per heavy atom. The lowest BCUT2D eigenvalue weighted by molar-refractivity contribution is 0.578. The second-order valence-corrected chi connectivity index (χ2v) is 4.83. The average molecular weight is 266 g/mol. The van der Waals surface area contributed by atoms with E-state index in [1.54, 1.807) is 18.2 Å². The van der Waals surface area contributed by atoms with E-state index < -0.39 is 0 Å². The quantitative estimate of drug-likeness (QED) is 0.786. The summed E-state index contributed by atoms with van der Waals surface area (Å²) in [4.78, 5) is 4.57. The number of fused-ring (bicyclic) bond motifs is 1. The van der Waals surface area contributed by atoms with Crippen molar-refractivity contribution in [3.63, 3.8) is 0 Å². The largest absolute Gasteiger partial charge is 0.324 e. The van der Waals surface area contributed by atoms with E-state index in [4.69, 9.17) is 5.73 Å². The zero-order chi connectivity index (χ0) is 13.9. The van der Waals surface area contributed by atoms with Crippen molar-refractivity contribution >= 4 is 10.9 Å². The van der Waals surface area contributed by atoms with Crippen molar-refractivity contribution in [3.05, 3.63) is 77.7 Å². The Bertz CT molecular complexity index is 740. The summed E-state index contributed by atoms with van der Waals surface area (Å²) in [7, 11) is 0. The third-order valence-electron chi connectivity index (χ3n) is 3.39. The van der Waals surface area contributed by atoms with Gasteiger partial charge in [0.05, 0.1) is 5.52 Å². The fourth-order valence-corrected chi connectivity index (χ4v) is 2.33. The minimum Gasteiger partial charge on any atom is -0.324 e. The van der Waals surface area contributed by atoms with Gasteiger partial charge in [0.2, 0.25) is 0 Å². The standard InChI is InChI=1S/C17H15FN2/c18-15-7-3-2-6-14(15)16(19)11-13-10-9-12-5-1-4-8-17(12)20-13/h1-10,16H,11,19H2. The monoisotopic (exact) mass is 266 g/mol. The van der Waals surface area contributed by atoms with Gasteiger partial charge in [-0.1, -0.05) is 42.5 Å². The van der Waals surface area contributed by atoms with Gasteiger partial charge in [-0.15, -0.1) is 0 Å². The second-order valence-electron chi connectivity index (χ2n) is 4.83. The molecule has 3 heteroatoms. The van der Waals surface area contributed by atoms with Crippen LogP contribution in [0, 0.1) is 5.82 Å². The summed E-state index contributed by atoms with van der Waals surface area (Å²) in [5.41, 5.74) is 8.43. The third kappa shape index (κ3) is 2.53. The average Bonchev–Trinajstić information content (AvgIpc) is 2.47. The molecule has 0 saturated carbocycles. The van der Waals surface area contributed by atoms with Gasteiger partial charge < -0.3 is 5.73 Å². The van der Waals surface area contributed by atoms with Gasteiger partial charge in [0.25, 0.3) is 0 Å². The fraction of sp³-hybridized carbons (Fsp3) is 0.118. The van der Waals surface area contributed by atoms with Crippen molar-refractivity contribution in [1.29, 1.82) is 0 Å². The van der Waals surface area contributed by atoms with Crippen molar-refractivity contribution < 1.29 is 4.39 Å². The Hall–Kier alpha value is -2.26. The highest BCUT2D eigenvalue weighted by atomic mass is 19.1. The van der Waals surface area contributed by atoms with Crippen molar-refractivity contribution in [2.24, 2.45) is 5.73 Å². The van der Waals surface area contributed by atoms with Crippen LogP contribution in [0.5, 0.6) is 0 Å². The molecule has 0 bridgehead atoms. The van der Waals surface area contributed by atoms with Gasteiger partial charge in [-0.2, -0.15) is 0 Å². The van der Waals surface area contributed by atoms with Crippen LogP contribution in [0.25, 0.3) is 10.9 Å². The summed E-state index contributed by atoms with van der Waals surface area (Å²) >= 11 is 0. The van der Waals surface area contributed by atoms with Crippen LogP contribution in [0.2, 0.25) is 0 Å². The van der Waals surface area contributed by atoms with E-state index in [0.717, 1.165) is 16.6 Å². The molecule has 0 saturated heterocycles. The molecule has 2 aromatic carbocycles. The summed E-state index contributed by atoms with van der Waals surface area (Å²) in [5, 5.41) is 1.09. The lowest BCUT2D eigenvalue weighted by Crippen LogP contribution is -2.15. The van der Waals surface area contributed by atoms with Crippen molar-refractivity contribution in [1.82, 2.24) is 4.98 Å². The maximum Gasteiger partial charge on any atom is 0.127 e. The Morgan fingerprint density at radius 3 is 2.55 bits per heavy atom. The first-order valence-corrected chi connectivity index (χ1v) is 6.59. The summed E-state index contributed by atoms with van der Waals surface area (Å²) < 4.78 is 13.7. The Labute approximate surface area is 117 Å². The zero-order valence-electron chi connectivity index (χ0n) is 11.0. The number of benzene rings is 2. The maximum absolute atomic E-state index is 13.7. The second kappa shape index (κ2) is 5.39. The number of aromatic nitrogens is 1. The van der Waals surface area contributed by atoms with Crippen molar-refractivity contribution in [2.75, 3.05) is 0 Å². The molecule has 0 aliphatic heterocycles. The van der Waals surface area contributed by atoms with Crippen LogP contribution in [0.3, 0.4) is 0 Å². The lowest BCUT2D eigenvalue weighted by atomic mass is 10.0. The molecular weight excluding hydrogens is 251 g/mol. The Kier molecular flexibility index (Phi) is 3.44. The number of pyridine rings is 1. The number of para-hydroxylation sites is 1. The van der Waals surface area contributed by atoms with Crippen molar-refractivity contribution in [2.45, 2.75) is 12.5 Å². The molecule has 1 aromatic heterocycles. The fourth-order valence-electron chi connectivity index (χ4n) is 2.33.